The number of carbonyl (C=O) groups is 1. The smallest absolute Gasteiger partial charge is 0.224 e. The third-order valence-corrected chi connectivity index (χ3v) is 6.15. The number of benzene rings is 1. The first-order chi connectivity index (χ1) is 12.6. The summed E-state index contributed by atoms with van der Waals surface area (Å²) in [6.07, 6.45) is 4.74. The number of likely N-dealkylation sites (N-methyl/N-ethyl adjacent to an activating group) is 1. The fourth-order valence-electron chi connectivity index (χ4n) is 4.85. The minimum atomic E-state index is -0.0643. The summed E-state index contributed by atoms with van der Waals surface area (Å²) in [5, 5.41) is 1.32. The van der Waals surface area contributed by atoms with Gasteiger partial charge in [-0.15, -0.1) is 0 Å². The van der Waals surface area contributed by atoms with Crippen molar-refractivity contribution in [3.63, 3.8) is 0 Å². The average molecular weight is 355 g/mol. The van der Waals surface area contributed by atoms with Crippen LogP contribution in [-0.4, -0.2) is 58.7 Å². The summed E-state index contributed by atoms with van der Waals surface area (Å²) in [6, 6.07) is 8.57. The molecule has 1 spiro atoms. The summed E-state index contributed by atoms with van der Waals surface area (Å²) in [7, 11) is 2.11. The van der Waals surface area contributed by atoms with Crippen LogP contribution in [0.4, 0.5) is 0 Å². The number of para-hydroxylation sites is 1. The lowest BCUT2D eigenvalue weighted by Gasteiger charge is -2.46. The topological polar surface area (TPSA) is 37.7 Å². The summed E-state index contributed by atoms with van der Waals surface area (Å²) in [5.41, 5.74) is 2.55. The quantitative estimate of drug-likeness (QED) is 0.850. The Labute approximate surface area is 155 Å². The van der Waals surface area contributed by atoms with Crippen LogP contribution in [0.15, 0.2) is 30.5 Å². The van der Waals surface area contributed by atoms with Crippen molar-refractivity contribution in [2.45, 2.75) is 38.3 Å². The summed E-state index contributed by atoms with van der Waals surface area (Å²) >= 11 is 0. The van der Waals surface area contributed by atoms with E-state index < -0.39 is 0 Å². The van der Waals surface area contributed by atoms with Gasteiger partial charge in [0.05, 0.1) is 5.54 Å². The fourth-order valence-corrected chi connectivity index (χ4v) is 4.85. The zero-order valence-electron chi connectivity index (χ0n) is 15.9. The number of rotatable bonds is 3. The normalized spacial score (nSPS) is 21.5. The van der Waals surface area contributed by atoms with Crippen molar-refractivity contribution < 1.29 is 9.53 Å². The molecule has 2 aromatic rings. The van der Waals surface area contributed by atoms with Gasteiger partial charge in [-0.25, -0.2) is 0 Å². The minimum absolute atomic E-state index is 0.0643. The highest BCUT2D eigenvalue weighted by molar-refractivity contribution is 5.83. The van der Waals surface area contributed by atoms with Gasteiger partial charge < -0.3 is 14.2 Å². The molecular formula is C21H29N3O2. The molecule has 0 radical (unpaired) electrons. The van der Waals surface area contributed by atoms with Crippen LogP contribution in [0.25, 0.3) is 10.9 Å². The second-order valence-electron chi connectivity index (χ2n) is 7.72. The second-order valence-corrected chi connectivity index (χ2v) is 7.72. The molecule has 2 fully saturated rings. The Balaban J connectivity index is 1.63. The SMILES string of the molecule is CCN1C(=O)CCN(Cc2cn(C)c3ccccc23)CC12CCOCC2. The number of aryl methyl sites for hydroxylation is 1. The molecule has 2 aliphatic rings. The van der Waals surface area contributed by atoms with Crippen molar-refractivity contribution in [2.24, 2.45) is 7.05 Å². The molecule has 0 atom stereocenters. The largest absolute Gasteiger partial charge is 0.381 e. The Kier molecular flexibility index (Phi) is 4.76. The van der Waals surface area contributed by atoms with Gasteiger partial charge in [-0.3, -0.25) is 9.69 Å². The molecule has 3 heterocycles. The van der Waals surface area contributed by atoms with Crippen LogP contribution in [0.1, 0.15) is 31.7 Å². The van der Waals surface area contributed by atoms with Crippen molar-refractivity contribution in [1.82, 2.24) is 14.4 Å². The number of hydrogen-bond donors (Lipinski definition) is 0. The van der Waals surface area contributed by atoms with E-state index >= 15 is 0 Å². The molecule has 0 N–H and O–H groups in total. The molecule has 5 nitrogen and oxygen atoms in total. The van der Waals surface area contributed by atoms with E-state index in [1.807, 2.05) is 0 Å². The highest BCUT2D eigenvalue weighted by Crippen LogP contribution is 2.33. The van der Waals surface area contributed by atoms with Crippen molar-refractivity contribution in [2.75, 3.05) is 32.8 Å². The summed E-state index contributed by atoms with van der Waals surface area (Å²) < 4.78 is 7.83. The predicted octanol–water partition coefficient (Wildman–Crippen LogP) is 2.78. The van der Waals surface area contributed by atoms with Gasteiger partial charge >= 0.3 is 0 Å². The maximum atomic E-state index is 12.8. The van der Waals surface area contributed by atoms with E-state index in [0.717, 1.165) is 52.2 Å². The minimum Gasteiger partial charge on any atom is -0.381 e. The molecule has 5 heteroatoms. The lowest BCUT2D eigenvalue weighted by atomic mass is 9.87. The van der Waals surface area contributed by atoms with Crippen LogP contribution in [-0.2, 0) is 23.1 Å². The van der Waals surface area contributed by atoms with Crippen LogP contribution in [0.3, 0.4) is 0 Å². The van der Waals surface area contributed by atoms with E-state index in [4.69, 9.17) is 4.74 Å². The average Bonchev–Trinajstić information content (AvgIpc) is 2.90. The highest BCUT2D eigenvalue weighted by atomic mass is 16.5. The maximum Gasteiger partial charge on any atom is 0.224 e. The standard InChI is InChI=1S/C21H29N3O2/c1-3-24-20(25)8-11-23(16-21(24)9-12-26-13-10-21)15-17-14-22(2)19-7-5-4-6-18(17)19/h4-7,14H,3,8-13,15-16H2,1-2H3. The van der Waals surface area contributed by atoms with Gasteiger partial charge in [-0.05, 0) is 31.4 Å². The summed E-state index contributed by atoms with van der Waals surface area (Å²) in [4.78, 5) is 17.4. The molecule has 0 aliphatic carbocycles. The molecule has 1 amide bonds. The van der Waals surface area contributed by atoms with Crippen LogP contribution in [0.5, 0.6) is 0 Å². The van der Waals surface area contributed by atoms with Gasteiger partial charge in [-0.1, -0.05) is 18.2 Å². The zero-order chi connectivity index (χ0) is 18.1. The Morgan fingerprint density at radius 2 is 1.96 bits per heavy atom. The Bertz CT molecular complexity index is 792. The maximum absolute atomic E-state index is 12.8. The Morgan fingerprint density at radius 1 is 1.19 bits per heavy atom. The molecule has 2 saturated heterocycles. The number of carbonyl (C=O) groups excluding carboxylic acids is 1. The number of fused-ring (bicyclic) bond motifs is 1. The predicted molar refractivity (Wildman–Crippen MR) is 103 cm³/mol. The number of hydrogen-bond acceptors (Lipinski definition) is 3. The Morgan fingerprint density at radius 3 is 2.73 bits per heavy atom. The van der Waals surface area contributed by atoms with E-state index in [1.54, 1.807) is 0 Å². The molecule has 26 heavy (non-hydrogen) atoms. The number of ether oxygens (including phenoxy) is 1. The fraction of sp³-hybridized carbons (Fsp3) is 0.571. The van der Waals surface area contributed by atoms with E-state index in [2.05, 4.69) is 58.8 Å². The van der Waals surface area contributed by atoms with Gasteiger partial charge in [0.2, 0.25) is 5.91 Å². The van der Waals surface area contributed by atoms with E-state index in [1.165, 1.54) is 16.5 Å². The zero-order valence-corrected chi connectivity index (χ0v) is 15.9. The molecule has 0 bridgehead atoms. The molecule has 0 unspecified atom stereocenters. The van der Waals surface area contributed by atoms with E-state index in [0.29, 0.717) is 12.3 Å². The molecular weight excluding hydrogens is 326 g/mol. The summed E-state index contributed by atoms with van der Waals surface area (Å²) in [6.45, 7) is 7.09. The summed E-state index contributed by atoms with van der Waals surface area (Å²) in [5.74, 6) is 0.301. The van der Waals surface area contributed by atoms with Gasteiger partial charge in [0.25, 0.3) is 0 Å². The van der Waals surface area contributed by atoms with E-state index in [9.17, 15) is 4.79 Å². The van der Waals surface area contributed by atoms with Crippen molar-refractivity contribution in [1.29, 1.82) is 0 Å². The molecule has 2 aliphatic heterocycles. The second kappa shape index (κ2) is 7.05. The van der Waals surface area contributed by atoms with Crippen LogP contribution >= 0.6 is 0 Å². The van der Waals surface area contributed by atoms with E-state index in [-0.39, 0.29) is 5.54 Å². The first-order valence-electron chi connectivity index (χ1n) is 9.76. The third kappa shape index (κ3) is 3.03. The molecule has 1 aromatic carbocycles. The van der Waals surface area contributed by atoms with Gasteiger partial charge in [0.1, 0.15) is 0 Å². The number of nitrogens with zero attached hydrogens (tertiary/aromatic N) is 3. The van der Waals surface area contributed by atoms with Gasteiger partial charge in [0, 0.05) is 70.0 Å². The van der Waals surface area contributed by atoms with Crippen LogP contribution in [0.2, 0.25) is 0 Å². The van der Waals surface area contributed by atoms with Gasteiger partial charge in [0.15, 0.2) is 0 Å². The lowest BCUT2D eigenvalue weighted by molar-refractivity contribution is -0.140. The Hall–Kier alpha value is -1.85. The molecule has 1 aromatic heterocycles. The van der Waals surface area contributed by atoms with Crippen molar-refractivity contribution in [3.8, 4) is 0 Å². The van der Waals surface area contributed by atoms with Crippen LogP contribution in [0, 0.1) is 0 Å². The molecule has 140 valence electrons. The number of aromatic nitrogens is 1. The highest BCUT2D eigenvalue weighted by Gasteiger charge is 2.43. The van der Waals surface area contributed by atoms with Crippen LogP contribution < -0.4 is 0 Å². The molecule has 0 saturated carbocycles. The third-order valence-electron chi connectivity index (χ3n) is 6.15. The van der Waals surface area contributed by atoms with Gasteiger partial charge in [-0.2, -0.15) is 0 Å². The monoisotopic (exact) mass is 355 g/mol. The molecule has 4 rings (SSSR count). The first kappa shape index (κ1) is 17.6. The number of amides is 1. The van der Waals surface area contributed by atoms with Crippen molar-refractivity contribution >= 4 is 16.8 Å². The lowest BCUT2D eigenvalue weighted by Crippen LogP contribution is -2.58. The van der Waals surface area contributed by atoms with Crippen molar-refractivity contribution in [3.05, 3.63) is 36.0 Å². The first-order valence-corrected chi connectivity index (χ1v) is 9.76.